The molecule has 0 bridgehead atoms. The van der Waals surface area contributed by atoms with Crippen molar-refractivity contribution in [1.82, 2.24) is 0 Å². The first-order valence-electron chi connectivity index (χ1n) is 20.4. The number of carbonyl (C=O) groups excluding carboxylic acids is 6. The summed E-state index contributed by atoms with van der Waals surface area (Å²) in [4.78, 5) is 72.1. The van der Waals surface area contributed by atoms with Crippen LogP contribution in [0, 0.1) is 11.8 Å². The maximum atomic E-state index is 12.6. The van der Waals surface area contributed by atoms with Gasteiger partial charge in [-0.2, -0.15) is 0 Å². The molecule has 0 N–H and O–H groups in total. The summed E-state index contributed by atoms with van der Waals surface area (Å²) in [6, 6.07) is 0. The van der Waals surface area contributed by atoms with Crippen LogP contribution in [0.1, 0.15) is 118 Å². The van der Waals surface area contributed by atoms with E-state index in [2.05, 4.69) is 26.3 Å². The van der Waals surface area contributed by atoms with Crippen LogP contribution in [0.15, 0.2) is 48.6 Å². The van der Waals surface area contributed by atoms with Gasteiger partial charge in [0, 0.05) is 48.3 Å². The Bertz CT molecular complexity index is 1260. The summed E-state index contributed by atoms with van der Waals surface area (Å²) in [7, 11) is 0. The topological polar surface area (TPSA) is 176 Å². The fourth-order valence-electron chi connectivity index (χ4n) is 5.63. The minimum absolute atomic E-state index is 0.0787. The monoisotopic (exact) mass is 820 g/mol. The molecule has 58 heavy (non-hydrogen) atoms. The molecule has 0 aromatic carbocycles. The zero-order valence-corrected chi connectivity index (χ0v) is 35.4. The van der Waals surface area contributed by atoms with Gasteiger partial charge in [-0.25, -0.2) is 19.2 Å². The lowest BCUT2D eigenvalue weighted by atomic mass is 9.83. The van der Waals surface area contributed by atoms with E-state index in [1.165, 1.54) is 13.8 Å². The quantitative estimate of drug-likeness (QED) is 0.0293. The van der Waals surface area contributed by atoms with Crippen LogP contribution >= 0.6 is 0 Å². The average Bonchev–Trinajstić information content (AvgIpc) is 3.17. The Morgan fingerprint density at radius 3 is 1.09 bits per heavy atom. The van der Waals surface area contributed by atoms with Crippen LogP contribution in [0.2, 0.25) is 0 Å². The Kier molecular flexibility index (Phi) is 27.4. The average molecular weight is 821 g/mol. The summed E-state index contributed by atoms with van der Waals surface area (Å²) in [6.45, 7) is 21.9. The van der Waals surface area contributed by atoms with Gasteiger partial charge in [-0.1, -0.05) is 52.0 Å². The molecule has 1 saturated carbocycles. The summed E-state index contributed by atoms with van der Waals surface area (Å²) in [5, 5.41) is 0. The molecular formula is C44H68O14. The fraction of sp³-hybridized carbons (Fsp3) is 0.682. The van der Waals surface area contributed by atoms with E-state index >= 15 is 0 Å². The Labute approximate surface area is 345 Å². The van der Waals surface area contributed by atoms with E-state index in [9.17, 15) is 28.8 Å². The van der Waals surface area contributed by atoms with Gasteiger partial charge in [0.2, 0.25) is 0 Å². The number of hydrogen-bond donors (Lipinski definition) is 0. The lowest BCUT2D eigenvalue weighted by molar-refractivity contribution is -0.162. The third-order valence-corrected chi connectivity index (χ3v) is 9.09. The van der Waals surface area contributed by atoms with Crippen molar-refractivity contribution in [3.8, 4) is 0 Å². The highest BCUT2D eigenvalue weighted by molar-refractivity contribution is 5.88. The van der Waals surface area contributed by atoms with Crippen LogP contribution < -0.4 is 0 Å². The molecule has 1 aliphatic rings. The first-order valence-corrected chi connectivity index (χ1v) is 20.4. The minimum atomic E-state index is -0.760. The van der Waals surface area contributed by atoms with Gasteiger partial charge in [0.05, 0.1) is 26.4 Å². The smallest absolute Gasteiger partial charge is 0.333 e. The first-order chi connectivity index (χ1) is 27.6. The van der Waals surface area contributed by atoms with Crippen LogP contribution in [0.5, 0.6) is 0 Å². The van der Waals surface area contributed by atoms with Crippen LogP contribution in [0.25, 0.3) is 0 Å². The Morgan fingerprint density at radius 1 is 0.448 bits per heavy atom. The van der Waals surface area contributed by atoms with Crippen LogP contribution in [-0.4, -0.2) is 101 Å². The van der Waals surface area contributed by atoms with E-state index in [-0.39, 0.29) is 50.4 Å². The second-order valence-electron chi connectivity index (χ2n) is 15.1. The number of ether oxygens (including phenoxy) is 8. The molecular weight excluding hydrogens is 752 g/mol. The molecule has 0 saturated heterocycles. The summed E-state index contributed by atoms with van der Waals surface area (Å²) in [6.07, 6.45) is 8.18. The summed E-state index contributed by atoms with van der Waals surface area (Å²) in [5.74, 6) is -2.20. The van der Waals surface area contributed by atoms with Crippen LogP contribution in [-0.2, 0) is 66.7 Å². The van der Waals surface area contributed by atoms with Crippen molar-refractivity contribution in [2.24, 2.45) is 11.8 Å². The predicted octanol–water partition coefficient (Wildman–Crippen LogP) is 7.03. The molecule has 0 heterocycles. The largest absolute Gasteiger partial charge is 0.462 e. The maximum Gasteiger partial charge on any atom is 0.333 e. The van der Waals surface area contributed by atoms with Crippen molar-refractivity contribution in [1.29, 1.82) is 0 Å². The lowest BCUT2D eigenvalue weighted by Gasteiger charge is -2.29. The number of unbranched alkanes of at least 4 members (excludes halogenated alkanes) is 6. The maximum absolute atomic E-state index is 12.6. The van der Waals surface area contributed by atoms with E-state index in [1.807, 2.05) is 0 Å². The second kappa shape index (κ2) is 30.7. The number of hydrogen-bond acceptors (Lipinski definition) is 14. The zero-order valence-electron chi connectivity index (χ0n) is 35.4. The van der Waals surface area contributed by atoms with Gasteiger partial charge >= 0.3 is 35.8 Å². The van der Waals surface area contributed by atoms with Crippen LogP contribution in [0.4, 0.5) is 0 Å². The van der Waals surface area contributed by atoms with Crippen molar-refractivity contribution in [3.63, 3.8) is 0 Å². The van der Waals surface area contributed by atoms with Gasteiger partial charge in [-0.3, -0.25) is 9.59 Å². The van der Waals surface area contributed by atoms with Crippen molar-refractivity contribution in [2.75, 3.05) is 52.9 Å². The highest BCUT2D eigenvalue weighted by atomic mass is 16.6. The SMILES string of the molecule is C=C(C)C(=O)OCCCCCCC(=O)OC(COCC1CCC(COCC(COC(=O)C(=C)C)OC(=O)CCCCCCOC(=O)C(=C)C)CC1)COC(=O)C(=C)C. The summed E-state index contributed by atoms with van der Waals surface area (Å²) < 4.78 is 43.8. The fourth-order valence-corrected chi connectivity index (χ4v) is 5.63. The van der Waals surface area contributed by atoms with Gasteiger partial charge in [-0.15, -0.1) is 0 Å². The molecule has 14 nitrogen and oxygen atoms in total. The molecule has 0 aromatic heterocycles. The standard InChI is InChI=1S/C44H68O14/c1-31(2)41(47)53-23-15-11-9-13-17-39(45)57-37(29-55-43(49)33(5)6)27-51-25-35-19-21-36(22-20-35)26-52-28-38(30-56-44(50)34(7)8)58-40(46)18-14-10-12-16-24-54-42(48)32(3)4/h35-38H,1,3,5,7,9-30H2,2,4,6,8H3. The van der Waals surface area contributed by atoms with Crippen molar-refractivity contribution in [2.45, 2.75) is 130 Å². The molecule has 2 unspecified atom stereocenters. The number of carbonyl (C=O) groups is 6. The minimum Gasteiger partial charge on any atom is -0.462 e. The Hall–Kier alpha value is -4.30. The number of esters is 6. The van der Waals surface area contributed by atoms with Gasteiger partial charge in [0.1, 0.15) is 13.2 Å². The predicted molar refractivity (Wildman–Crippen MR) is 216 cm³/mol. The molecule has 1 rings (SSSR count). The molecule has 14 heteroatoms. The zero-order chi connectivity index (χ0) is 43.3. The Morgan fingerprint density at radius 2 is 0.759 bits per heavy atom. The summed E-state index contributed by atoms with van der Waals surface area (Å²) in [5.41, 5.74) is 1.19. The van der Waals surface area contributed by atoms with E-state index in [0.29, 0.717) is 75.1 Å². The number of rotatable bonds is 32. The van der Waals surface area contributed by atoms with Crippen molar-refractivity contribution < 1.29 is 66.7 Å². The second-order valence-corrected chi connectivity index (χ2v) is 15.1. The normalized spacial score (nSPS) is 15.9. The molecule has 2 atom stereocenters. The first kappa shape index (κ1) is 51.7. The molecule has 1 aliphatic carbocycles. The highest BCUT2D eigenvalue weighted by Crippen LogP contribution is 2.29. The highest BCUT2D eigenvalue weighted by Gasteiger charge is 2.25. The van der Waals surface area contributed by atoms with Crippen LogP contribution in [0.3, 0.4) is 0 Å². The van der Waals surface area contributed by atoms with Gasteiger partial charge in [0.25, 0.3) is 0 Å². The molecule has 328 valence electrons. The van der Waals surface area contributed by atoms with E-state index in [1.54, 1.807) is 13.8 Å². The van der Waals surface area contributed by atoms with Gasteiger partial charge < -0.3 is 37.9 Å². The van der Waals surface area contributed by atoms with E-state index in [0.717, 1.165) is 51.4 Å². The van der Waals surface area contributed by atoms with Crippen molar-refractivity contribution >= 4 is 35.8 Å². The summed E-state index contributed by atoms with van der Waals surface area (Å²) >= 11 is 0. The van der Waals surface area contributed by atoms with E-state index < -0.39 is 48.0 Å². The third-order valence-electron chi connectivity index (χ3n) is 9.09. The van der Waals surface area contributed by atoms with E-state index in [4.69, 9.17) is 37.9 Å². The molecule has 0 aromatic rings. The molecule has 0 amide bonds. The third kappa shape index (κ3) is 25.9. The lowest BCUT2D eigenvalue weighted by Crippen LogP contribution is -2.32. The molecule has 0 spiro atoms. The van der Waals surface area contributed by atoms with Gasteiger partial charge in [0.15, 0.2) is 12.2 Å². The van der Waals surface area contributed by atoms with Gasteiger partial charge in [-0.05, 0) is 90.9 Å². The van der Waals surface area contributed by atoms with Crippen molar-refractivity contribution in [3.05, 3.63) is 48.6 Å². The Balaban J connectivity index is 2.45. The molecule has 0 aliphatic heterocycles. The molecule has 1 fully saturated rings. The molecule has 0 radical (unpaired) electrons.